The van der Waals surface area contributed by atoms with E-state index in [2.05, 4.69) is 6.58 Å². The van der Waals surface area contributed by atoms with Gasteiger partial charge in [-0.15, -0.1) is 6.58 Å². The Hall–Kier alpha value is 0.0500. The highest BCUT2D eigenvalue weighted by atomic mass is 32.2. The largest absolute Gasteiger partial charge is 0.327 e. The molecular weight excluding hydrogens is 154 g/mol. The van der Waals surface area contributed by atoms with Crippen molar-refractivity contribution in [2.45, 2.75) is 25.3 Å². The van der Waals surface area contributed by atoms with Crippen LogP contribution in [0.5, 0.6) is 0 Å². The van der Waals surface area contributed by atoms with Crippen molar-refractivity contribution >= 4 is 11.8 Å². The van der Waals surface area contributed by atoms with E-state index in [1.165, 1.54) is 17.9 Å². The molecule has 1 nitrogen and oxygen atoms in total. The minimum Gasteiger partial charge on any atom is -0.327 e. The normalized spacial score (nSPS) is 26.8. The van der Waals surface area contributed by atoms with Crippen LogP contribution in [0.2, 0.25) is 0 Å². The minimum atomic E-state index is 0.419. The van der Waals surface area contributed by atoms with Crippen LogP contribution < -0.4 is 5.73 Å². The molecule has 2 N–H and O–H groups in total. The first kappa shape index (κ1) is 9.14. The molecule has 1 fully saturated rings. The predicted octanol–water partition coefficient (Wildman–Crippen LogP) is 2.03. The van der Waals surface area contributed by atoms with Crippen molar-refractivity contribution in [1.29, 1.82) is 0 Å². The van der Waals surface area contributed by atoms with Gasteiger partial charge in [-0.25, -0.2) is 0 Å². The second-order valence-corrected chi connectivity index (χ2v) is 4.30. The quantitative estimate of drug-likeness (QED) is 0.655. The molecule has 0 amide bonds. The Bertz CT molecular complexity index is 119. The molecule has 2 heteroatoms. The molecule has 1 rings (SSSR count). The summed E-state index contributed by atoms with van der Waals surface area (Å²) in [5.74, 6) is 3.37. The van der Waals surface area contributed by atoms with Gasteiger partial charge in [0.05, 0.1) is 0 Å². The van der Waals surface area contributed by atoms with Gasteiger partial charge < -0.3 is 5.73 Å². The van der Waals surface area contributed by atoms with Gasteiger partial charge >= 0.3 is 0 Å². The van der Waals surface area contributed by atoms with Crippen molar-refractivity contribution in [3.05, 3.63) is 12.7 Å². The lowest BCUT2D eigenvalue weighted by Crippen LogP contribution is -2.29. The van der Waals surface area contributed by atoms with Crippen molar-refractivity contribution in [1.82, 2.24) is 0 Å². The van der Waals surface area contributed by atoms with E-state index in [9.17, 15) is 0 Å². The standard InChI is InChI=1S/C9H17NS/c1-2-3-4-9(10)8-5-6-11-7-8/h2,8-9H,1,3-7,10H2. The number of nitrogens with two attached hydrogens (primary N) is 1. The maximum atomic E-state index is 6.00. The summed E-state index contributed by atoms with van der Waals surface area (Å²) in [6.07, 6.45) is 5.47. The van der Waals surface area contributed by atoms with E-state index >= 15 is 0 Å². The van der Waals surface area contributed by atoms with Crippen molar-refractivity contribution < 1.29 is 0 Å². The Morgan fingerprint density at radius 3 is 3.09 bits per heavy atom. The maximum absolute atomic E-state index is 6.00. The zero-order chi connectivity index (χ0) is 8.10. The van der Waals surface area contributed by atoms with Gasteiger partial charge in [0.25, 0.3) is 0 Å². The van der Waals surface area contributed by atoms with Gasteiger partial charge in [0.1, 0.15) is 0 Å². The van der Waals surface area contributed by atoms with Crippen LogP contribution in [0.4, 0.5) is 0 Å². The van der Waals surface area contributed by atoms with E-state index in [1.54, 1.807) is 0 Å². The number of rotatable bonds is 4. The zero-order valence-electron chi connectivity index (χ0n) is 6.96. The van der Waals surface area contributed by atoms with E-state index < -0.39 is 0 Å². The highest BCUT2D eigenvalue weighted by Crippen LogP contribution is 2.26. The Balaban J connectivity index is 2.16. The summed E-state index contributed by atoms with van der Waals surface area (Å²) in [6.45, 7) is 3.70. The van der Waals surface area contributed by atoms with E-state index in [-0.39, 0.29) is 0 Å². The third kappa shape index (κ3) is 2.88. The highest BCUT2D eigenvalue weighted by Gasteiger charge is 2.21. The van der Waals surface area contributed by atoms with Gasteiger partial charge in [-0.1, -0.05) is 6.08 Å². The Kier molecular flexibility index (Phi) is 4.02. The molecule has 1 saturated heterocycles. The van der Waals surface area contributed by atoms with Crippen LogP contribution in [0.25, 0.3) is 0 Å². The first-order valence-electron chi connectivity index (χ1n) is 4.29. The zero-order valence-corrected chi connectivity index (χ0v) is 7.78. The molecule has 2 unspecified atom stereocenters. The van der Waals surface area contributed by atoms with Crippen LogP contribution >= 0.6 is 11.8 Å². The van der Waals surface area contributed by atoms with E-state index in [4.69, 9.17) is 5.73 Å². The molecule has 2 atom stereocenters. The second kappa shape index (κ2) is 4.83. The molecule has 0 aromatic heterocycles. The lowest BCUT2D eigenvalue weighted by atomic mass is 9.96. The summed E-state index contributed by atoms with van der Waals surface area (Å²) in [4.78, 5) is 0. The van der Waals surface area contributed by atoms with Gasteiger partial charge in [0, 0.05) is 6.04 Å². The fourth-order valence-corrected chi connectivity index (χ4v) is 2.79. The highest BCUT2D eigenvalue weighted by molar-refractivity contribution is 7.99. The van der Waals surface area contributed by atoms with Gasteiger partial charge in [-0.05, 0) is 36.7 Å². The summed E-state index contributed by atoms with van der Waals surface area (Å²) in [5, 5.41) is 0. The molecule has 0 aromatic rings. The lowest BCUT2D eigenvalue weighted by molar-refractivity contribution is 0.443. The molecule has 0 radical (unpaired) electrons. The SMILES string of the molecule is C=CCCC(N)C1CCSC1. The average Bonchev–Trinajstić information content (AvgIpc) is 2.52. The van der Waals surface area contributed by atoms with Crippen molar-refractivity contribution in [3.63, 3.8) is 0 Å². The van der Waals surface area contributed by atoms with Gasteiger partial charge in [0.2, 0.25) is 0 Å². The Morgan fingerprint density at radius 1 is 1.73 bits per heavy atom. The molecule has 0 spiro atoms. The number of thioether (sulfide) groups is 1. The van der Waals surface area contributed by atoms with Crippen LogP contribution in [0.15, 0.2) is 12.7 Å². The molecule has 0 aliphatic carbocycles. The van der Waals surface area contributed by atoms with Gasteiger partial charge in [-0.2, -0.15) is 11.8 Å². The van der Waals surface area contributed by atoms with Gasteiger partial charge in [0.15, 0.2) is 0 Å². The van der Waals surface area contributed by atoms with Crippen molar-refractivity contribution in [3.8, 4) is 0 Å². The first-order chi connectivity index (χ1) is 5.34. The molecule has 0 aromatic carbocycles. The molecule has 64 valence electrons. The monoisotopic (exact) mass is 171 g/mol. The molecular formula is C9H17NS. The number of hydrogen-bond donors (Lipinski definition) is 1. The molecule has 0 saturated carbocycles. The Labute approximate surface area is 73.4 Å². The molecule has 1 aliphatic rings. The van der Waals surface area contributed by atoms with E-state index in [1.807, 2.05) is 17.8 Å². The van der Waals surface area contributed by atoms with Crippen LogP contribution in [0.1, 0.15) is 19.3 Å². The fourth-order valence-electron chi connectivity index (χ4n) is 1.44. The fraction of sp³-hybridized carbons (Fsp3) is 0.778. The van der Waals surface area contributed by atoms with Crippen molar-refractivity contribution in [2.75, 3.05) is 11.5 Å². The summed E-state index contributed by atoms with van der Waals surface area (Å²) in [5.41, 5.74) is 6.00. The van der Waals surface area contributed by atoms with E-state index in [0.29, 0.717) is 6.04 Å². The van der Waals surface area contributed by atoms with Crippen LogP contribution in [-0.2, 0) is 0 Å². The van der Waals surface area contributed by atoms with Gasteiger partial charge in [-0.3, -0.25) is 0 Å². The minimum absolute atomic E-state index is 0.419. The van der Waals surface area contributed by atoms with Crippen LogP contribution in [0.3, 0.4) is 0 Å². The smallest absolute Gasteiger partial charge is 0.00782 e. The number of allylic oxidation sites excluding steroid dienone is 1. The summed E-state index contributed by atoms with van der Waals surface area (Å²) >= 11 is 2.04. The Morgan fingerprint density at radius 2 is 2.55 bits per heavy atom. The summed E-state index contributed by atoms with van der Waals surface area (Å²) in [7, 11) is 0. The van der Waals surface area contributed by atoms with Crippen LogP contribution in [0, 0.1) is 5.92 Å². The topological polar surface area (TPSA) is 26.0 Å². The average molecular weight is 171 g/mol. The predicted molar refractivity (Wildman–Crippen MR) is 52.8 cm³/mol. The second-order valence-electron chi connectivity index (χ2n) is 3.15. The molecule has 11 heavy (non-hydrogen) atoms. The maximum Gasteiger partial charge on any atom is 0.00782 e. The molecule has 0 bridgehead atoms. The van der Waals surface area contributed by atoms with E-state index in [0.717, 1.165) is 18.8 Å². The summed E-state index contributed by atoms with van der Waals surface area (Å²) in [6, 6.07) is 0.419. The lowest BCUT2D eigenvalue weighted by Gasteiger charge is -2.16. The third-order valence-electron chi connectivity index (χ3n) is 2.27. The summed E-state index contributed by atoms with van der Waals surface area (Å²) < 4.78 is 0. The third-order valence-corrected chi connectivity index (χ3v) is 3.46. The molecule has 1 heterocycles. The van der Waals surface area contributed by atoms with Crippen molar-refractivity contribution in [2.24, 2.45) is 11.7 Å². The van der Waals surface area contributed by atoms with Crippen LogP contribution in [-0.4, -0.2) is 17.5 Å². The first-order valence-corrected chi connectivity index (χ1v) is 5.44. The molecule has 1 aliphatic heterocycles. The number of hydrogen-bond acceptors (Lipinski definition) is 2.